The van der Waals surface area contributed by atoms with Crippen LogP contribution in [0.15, 0.2) is 18.2 Å². The van der Waals surface area contributed by atoms with E-state index in [0.29, 0.717) is 6.07 Å². The van der Waals surface area contributed by atoms with Gasteiger partial charge in [0.25, 0.3) is 0 Å². The van der Waals surface area contributed by atoms with E-state index in [-0.39, 0.29) is 23.7 Å². The molecule has 0 aliphatic rings. The number of anilines is 1. The van der Waals surface area contributed by atoms with Crippen molar-refractivity contribution in [3.05, 3.63) is 29.3 Å². The summed E-state index contributed by atoms with van der Waals surface area (Å²) in [6, 6.07) is 4.65. The molecule has 7 heteroatoms. The molecule has 1 atom stereocenters. The summed E-state index contributed by atoms with van der Waals surface area (Å²) in [4.78, 5) is 12.0. The lowest BCUT2D eigenvalue weighted by molar-refractivity contribution is -0.137. The van der Waals surface area contributed by atoms with Crippen LogP contribution in [-0.4, -0.2) is 12.5 Å². The van der Waals surface area contributed by atoms with Crippen molar-refractivity contribution < 1.29 is 18.0 Å². The number of rotatable bonds is 4. The van der Waals surface area contributed by atoms with Crippen molar-refractivity contribution in [3.63, 3.8) is 0 Å². The first-order valence-electron chi connectivity index (χ1n) is 6.33. The molecule has 0 fully saturated rings. The molecule has 1 unspecified atom stereocenters. The van der Waals surface area contributed by atoms with Crippen LogP contribution in [0.25, 0.3) is 0 Å². The molecule has 21 heavy (non-hydrogen) atoms. The molecule has 0 saturated heterocycles. The number of alkyl halides is 3. The van der Waals surface area contributed by atoms with E-state index in [4.69, 9.17) is 11.0 Å². The maximum atomic E-state index is 13.0. The Kier molecular flexibility index (Phi) is 5.33. The van der Waals surface area contributed by atoms with Gasteiger partial charge in [-0.15, -0.1) is 0 Å². The molecule has 1 aromatic rings. The summed E-state index contributed by atoms with van der Waals surface area (Å²) < 4.78 is 38.9. The van der Waals surface area contributed by atoms with Crippen molar-refractivity contribution >= 4 is 11.6 Å². The highest BCUT2D eigenvalue weighted by Gasteiger charge is 2.35. The van der Waals surface area contributed by atoms with Crippen molar-refractivity contribution in [1.82, 2.24) is 0 Å². The van der Waals surface area contributed by atoms with Gasteiger partial charge in [-0.2, -0.15) is 18.4 Å². The molecule has 3 N–H and O–H groups in total. The molecule has 0 heterocycles. The summed E-state index contributed by atoms with van der Waals surface area (Å²) in [5.41, 5.74) is 3.93. The Labute approximate surface area is 120 Å². The lowest BCUT2D eigenvalue weighted by atomic mass is 9.95. The van der Waals surface area contributed by atoms with Crippen LogP contribution in [0.4, 0.5) is 18.9 Å². The number of carbonyl (C=O) groups is 1. The second kappa shape index (κ2) is 6.59. The molecule has 4 nitrogen and oxygen atoms in total. The fourth-order valence-corrected chi connectivity index (χ4v) is 1.86. The van der Waals surface area contributed by atoms with E-state index < -0.39 is 23.6 Å². The molecule has 0 aromatic heterocycles. The molecule has 0 radical (unpaired) electrons. The van der Waals surface area contributed by atoms with Crippen LogP contribution in [-0.2, 0) is 11.0 Å². The molecule has 0 spiro atoms. The van der Waals surface area contributed by atoms with Gasteiger partial charge in [0.1, 0.15) is 0 Å². The number of amides is 1. The van der Waals surface area contributed by atoms with Crippen molar-refractivity contribution in [2.45, 2.75) is 20.0 Å². The van der Waals surface area contributed by atoms with Gasteiger partial charge in [0.05, 0.1) is 28.8 Å². The number of hydrogen-bond donors (Lipinski definition) is 2. The fraction of sp³-hybridized carbons (Fsp3) is 0.429. The van der Waals surface area contributed by atoms with E-state index in [0.717, 1.165) is 6.07 Å². The second-order valence-corrected chi connectivity index (χ2v) is 4.95. The van der Waals surface area contributed by atoms with Crippen molar-refractivity contribution in [2.24, 2.45) is 17.6 Å². The molecule has 0 aliphatic heterocycles. The Bertz CT molecular complexity index is 562. The van der Waals surface area contributed by atoms with E-state index in [2.05, 4.69) is 5.32 Å². The predicted molar refractivity (Wildman–Crippen MR) is 72.2 cm³/mol. The van der Waals surface area contributed by atoms with Gasteiger partial charge in [0.2, 0.25) is 5.91 Å². The summed E-state index contributed by atoms with van der Waals surface area (Å²) in [5.74, 6) is -1.24. The van der Waals surface area contributed by atoms with Gasteiger partial charge in [-0.3, -0.25) is 4.79 Å². The van der Waals surface area contributed by atoms with E-state index in [1.165, 1.54) is 6.07 Å². The SMILES string of the molecule is CC(C)C(CN)C(=O)Nc1ccc(C#N)cc1C(F)(F)F. The van der Waals surface area contributed by atoms with Crippen LogP contribution in [0.2, 0.25) is 0 Å². The Morgan fingerprint density at radius 1 is 1.43 bits per heavy atom. The van der Waals surface area contributed by atoms with Crippen LogP contribution in [0.3, 0.4) is 0 Å². The second-order valence-electron chi connectivity index (χ2n) is 4.95. The first-order chi connectivity index (χ1) is 9.70. The highest BCUT2D eigenvalue weighted by molar-refractivity contribution is 5.93. The summed E-state index contributed by atoms with van der Waals surface area (Å²) in [7, 11) is 0. The van der Waals surface area contributed by atoms with E-state index in [1.807, 2.05) is 0 Å². The van der Waals surface area contributed by atoms with Crippen LogP contribution in [0.1, 0.15) is 25.0 Å². The minimum Gasteiger partial charge on any atom is -0.330 e. The number of carbonyl (C=O) groups excluding carboxylic acids is 1. The standard InChI is InChI=1S/C14H16F3N3O/c1-8(2)10(7-19)13(21)20-12-4-3-9(6-18)5-11(12)14(15,16)17/h3-5,8,10H,7,19H2,1-2H3,(H,20,21). The number of nitriles is 1. The zero-order valence-corrected chi connectivity index (χ0v) is 11.7. The van der Waals surface area contributed by atoms with Crippen LogP contribution in [0.5, 0.6) is 0 Å². The molecule has 114 valence electrons. The third-order valence-corrected chi connectivity index (χ3v) is 3.11. The van der Waals surface area contributed by atoms with E-state index in [1.54, 1.807) is 19.9 Å². The lowest BCUT2D eigenvalue weighted by Gasteiger charge is -2.20. The molecule has 0 aliphatic carbocycles. The molecule has 1 amide bonds. The topological polar surface area (TPSA) is 78.9 Å². The molecule has 0 bridgehead atoms. The Morgan fingerprint density at radius 3 is 2.48 bits per heavy atom. The normalized spacial score (nSPS) is 12.9. The van der Waals surface area contributed by atoms with Gasteiger partial charge in [0, 0.05) is 6.54 Å². The van der Waals surface area contributed by atoms with E-state index in [9.17, 15) is 18.0 Å². The highest BCUT2D eigenvalue weighted by Crippen LogP contribution is 2.35. The molecule has 0 saturated carbocycles. The van der Waals surface area contributed by atoms with Gasteiger partial charge in [-0.05, 0) is 24.1 Å². The number of nitrogens with two attached hydrogens (primary N) is 1. The fourth-order valence-electron chi connectivity index (χ4n) is 1.86. The first-order valence-corrected chi connectivity index (χ1v) is 6.33. The molecule has 1 rings (SSSR count). The number of benzene rings is 1. The predicted octanol–water partition coefficient (Wildman–Crippen LogP) is 2.75. The Morgan fingerprint density at radius 2 is 2.05 bits per heavy atom. The minimum absolute atomic E-state index is 0.0428. The number of halogens is 3. The lowest BCUT2D eigenvalue weighted by Crippen LogP contribution is -2.33. The summed E-state index contributed by atoms with van der Waals surface area (Å²) in [6.07, 6.45) is -4.66. The largest absolute Gasteiger partial charge is 0.418 e. The van der Waals surface area contributed by atoms with Crippen LogP contribution >= 0.6 is 0 Å². The molecule has 1 aromatic carbocycles. The number of nitrogens with one attached hydrogen (secondary N) is 1. The minimum atomic E-state index is -4.66. The maximum Gasteiger partial charge on any atom is 0.418 e. The molecular weight excluding hydrogens is 283 g/mol. The zero-order valence-electron chi connectivity index (χ0n) is 11.7. The molecular formula is C14H16F3N3O. The highest BCUT2D eigenvalue weighted by atomic mass is 19.4. The number of nitrogens with zero attached hydrogens (tertiary/aromatic N) is 1. The van der Waals surface area contributed by atoms with Gasteiger partial charge in [0.15, 0.2) is 0 Å². The monoisotopic (exact) mass is 299 g/mol. The Balaban J connectivity index is 3.14. The zero-order chi connectivity index (χ0) is 16.2. The smallest absolute Gasteiger partial charge is 0.330 e. The summed E-state index contributed by atoms with van der Waals surface area (Å²) >= 11 is 0. The van der Waals surface area contributed by atoms with Gasteiger partial charge in [-0.25, -0.2) is 0 Å². The number of hydrogen-bond acceptors (Lipinski definition) is 3. The van der Waals surface area contributed by atoms with Gasteiger partial charge < -0.3 is 11.1 Å². The average molecular weight is 299 g/mol. The van der Waals surface area contributed by atoms with E-state index >= 15 is 0 Å². The third-order valence-electron chi connectivity index (χ3n) is 3.11. The van der Waals surface area contributed by atoms with Crippen molar-refractivity contribution in [1.29, 1.82) is 5.26 Å². The summed E-state index contributed by atoms with van der Waals surface area (Å²) in [6.45, 7) is 3.57. The van der Waals surface area contributed by atoms with Gasteiger partial charge in [-0.1, -0.05) is 13.8 Å². The Hall–Kier alpha value is -2.07. The van der Waals surface area contributed by atoms with Crippen LogP contribution < -0.4 is 11.1 Å². The first kappa shape index (κ1) is 17.0. The average Bonchev–Trinajstić information content (AvgIpc) is 2.38. The van der Waals surface area contributed by atoms with Gasteiger partial charge >= 0.3 is 6.18 Å². The van der Waals surface area contributed by atoms with Crippen LogP contribution in [0, 0.1) is 23.2 Å². The van der Waals surface area contributed by atoms with Crippen molar-refractivity contribution in [3.8, 4) is 6.07 Å². The quantitative estimate of drug-likeness (QED) is 0.897. The maximum absolute atomic E-state index is 13.0. The third kappa shape index (κ3) is 4.20. The summed E-state index contributed by atoms with van der Waals surface area (Å²) in [5, 5.41) is 10.9. The van der Waals surface area contributed by atoms with Crippen molar-refractivity contribution in [2.75, 3.05) is 11.9 Å².